The lowest BCUT2D eigenvalue weighted by molar-refractivity contribution is -0.226. The van der Waals surface area contributed by atoms with Crippen LogP contribution in [0, 0.1) is 0 Å². The maximum absolute atomic E-state index is 12.9. The second kappa shape index (κ2) is 3.61. The van der Waals surface area contributed by atoms with Crippen molar-refractivity contribution >= 4 is 12.4 Å². The Morgan fingerprint density at radius 2 is 1.94 bits per heavy atom. The number of para-hydroxylation sites is 1. The van der Waals surface area contributed by atoms with Gasteiger partial charge < -0.3 is 4.74 Å². The van der Waals surface area contributed by atoms with Crippen LogP contribution in [0.2, 0.25) is 0 Å². The Labute approximate surface area is 95.7 Å². The Morgan fingerprint density at radius 3 is 2.53 bits per heavy atom. The van der Waals surface area contributed by atoms with Crippen molar-refractivity contribution in [1.82, 2.24) is 0 Å². The van der Waals surface area contributed by atoms with Crippen molar-refractivity contribution in [3.05, 3.63) is 35.4 Å². The topological polar surface area (TPSA) is 26.3 Å². The first-order valence-corrected chi connectivity index (χ1v) is 4.90. The molecule has 0 N–H and O–H groups in total. The predicted octanol–water partition coefficient (Wildman–Crippen LogP) is 2.98. The molecule has 1 aliphatic rings. The standard InChI is InChI=1S/C12H9F3O2/c1-11(12(13,14)15)9(7-16)6-8-4-2-3-5-10(8)17-11/h2-7H,1H3. The highest BCUT2D eigenvalue weighted by molar-refractivity contribution is 5.87. The SMILES string of the molecule is CC1(C(F)(F)F)Oc2ccccc2C=C1C=O. The summed E-state index contributed by atoms with van der Waals surface area (Å²) in [4.78, 5) is 10.8. The van der Waals surface area contributed by atoms with E-state index in [-0.39, 0.29) is 12.0 Å². The zero-order valence-electron chi connectivity index (χ0n) is 8.91. The second-order valence-electron chi connectivity index (χ2n) is 3.89. The molecule has 90 valence electrons. The average molecular weight is 242 g/mol. The molecule has 0 saturated heterocycles. The minimum absolute atomic E-state index is 0.123. The first-order chi connectivity index (χ1) is 7.88. The van der Waals surface area contributed by atoms with E-state index in [1.54, 1.807) is 18.2 Å². The third-order valence-electron chi connectivity index (χ3n) is 2.76. The molecule has 1 heterocycles. The predicted molar refractivity (Wildman–Crippen MR) is 55.6 cm³/mol. The number of hydrogen-bond acceptors (Lipinski definition) is 2. The number of hydrogen-bond donors (Lipinski definition) is 0. The van der Waals surface area contributed by atoms with E-state index in [1.807, 2.05) is 0 Å². The summed E-state index contributed by atoms with van der Waals surface area (Å²) in [5.41, 5.74) is -2.54. The smallest absolute Gasteiger partial charge is 0.432 e. The van der Waals surface area contributed by atoms with E-state index >= 15 is 0 Å². The van der Waals surface area contributed by atoms with Gasteiger partial charge in [-0.05, 0) is 19.1 Å². The molecule has 0 aliphatic carbocycles. The quantitative estimate of drug-likeness (QED) is 0.707. The fourth-order valence-corrected chi connectivity index (χ4v) is 1.64. The molecular weight excluding hydrogens is 233 g/mol. The summed E-state index contributed by atoms with van der Waals surface area (Å²) in [6.45, 7) is 0.850. The molecule has 2 rings (SSSR count). The number of benzene rings is 1. The number of alkyl halides is 3. The van der Waals surface area contributed by atoms with Gasteiger partial charge in [0.1, 0.15) is 12.0 Å². The van der Waals surface area contributed by atoms with Crippen LogP contribution in [0.15, 0.2) is 29.8 Å². The van der Waals surface area contributed by atoms with Crippen LogP contribution in [0.4, 0.5) is 13.2 Å². The van der Waals surface area contributed by atoms with Crippen LogP contribution in [0.3, 0.4) is 0 Å². The van der Waals surface area contributed by atoms with Gasteiger partial charge in [-0.15, -0.1) is 0 Å². The van der Waals surface area contributed by atoms with Crippen molar-refractivity contribution in [2.45, 2.75) is 18.7 Å². The zero-order chi connectivity index (χ0) is 12.7. The third kappa shape index (κ3) is 1.71. The lowest BCUT2D eigenvalue weighted by Gasteiger charge is -2.36. The van der Waals surface area contributed by atoms with Crippen LogP contribution >= 0.6 is 0 Å². The van der Waals surface area contributed by atoms with Crippen molar-refractivity contribution in [1.29, 1.82) is 0 Å². The molecule has 2 nitrogen and oxygen atoms in total. The molecule has 1 aromatic carbocycles. The lowest BCUT2D eigenvalue weighted by Crippen LogP contribution is -2.50. The van der Waals surface area contributed by atoms with Crippen LogP contribution in [0.25, 0.3) is 6.08 Å². The molecule has 1 aliphatic heterocycles. The van der Waals surface area contributed by atoms with Crippen molar-refractivity contribution in [2.24, 2.45) is 0 Å². The molecule has 5 heteroatoms. The van der Waals surface area contributed by atoms with E-state index in [0.717, 1.165) is 6.92 Å². The van der Waals surface area contributed by atoms with E-state index in [0.29, 0.717) is 5.56 Å². The lowest BCUT2D eigenvalue weighted by atomic mass is 9.91. The highest BCUT2D eigenvalue weighted by Gasteiger charge is 2.57. The van der Waals surface area contributed by atoms with Gasteiger partial charge in [0.05, 0.1) is 0 Å². The van der Waals surface area contributed by atoms with Gasteiger partial charge in [0.15, 0.2) is 0 Å². The van der Waals surface area contributed by atoms with Gasteiger partial charge in [-0.2, -0.15) is 13.2 Å². The van der Waals surface area contributed by atoms with Crippen LogP contribution in [-0.2, 0) is 4.79 Å². The molecule has 0 spiro atoms. The van der Waals surface area contributed by atoms with Gasteiger partial charge in [-0.3, -0.25) is 4.79 Å². The summed E-state index contributed by atoms with van der Waals surface area (Å²) in [6, 6.07) is 6.28. The van der Waals surface area contributed by atoms with Crippen molar-refractivity contribution in [2.75, 3.05) is 0 Å². The number of halogens is 3. The fourth-order valence-electron chi connectivity index (χ4n) is 1.64. The van der Waals surface area contributed by atoms with Crippen molar-refractivity contribution in [3.8, 4) is 5.75 Å². The molecule has 0 bridgehead atoms. The van der Waals surface area contributed by atoms with Gasteiger partial charge in [0.2, 0.25) is 5.60 Å². The number of carbonyl (C=O) groups is 1. The number of ether oxygens (including phenoxy) is 1. The van der Waals surface area contributed by atoms with E-state index in [9.17, 15) is 18.0 Å². The summed E-state index contributed by atoms with van der Waals surface area (Å²) in [5, 5.41) is 0. The molecule has 1 aromatic rings. The molecule has 17 heavy (non-hydrogen) atoms. The van der Waals surface area contributed by atoms with Crippen LogP contribution < -0.4 is 4.74 Å². The van der Waals surface area contributed by atoms with E-state index in [1.165, 1.54) is 12.1 Å². The Balaban J connectivity index is 2.59. The molecular formula is C12H9F3O2. The van der Waals surface area contributed by atoms with Crippen molar-refractivity contribution in [3.63, 3.8) is 0 Å². The highest BCUT2D eigenvalue weighted by atomic mass is 19.4. The van der Waals surface area contributed by atoms with Crippen LogP contribution in [0.5, 0.6) is 5.75 Å². The Morgan fingerprint density at radius 1 is 1.29 bits per heavy atom. The van der Waals surface area contributed by atoms with E-state index in [2.05, 4.69) is 0 Å². The van der Waals surface area contributed by atoms with Crippen LogP contribution in [0.1, 0.15) is 12.5 Å². The number of rotatable bonds is 1. The Bertz CT molecular complexity index is 491. The third-order valence-corrected chi connectivity index (χ3v) is 2.76. The summed E-state index contributed by atoms with van der Waals surface area (Å²) in [6.07, 6.45) is -3.25. The molecule has 0 aromatic heterocycles. The molecule has 1 atom stereocenters. The minimum atomic E-state index is -4.65. The summed E-state index contributed by atoms with van der Waals surface area (Å²) in [7, 11) is 0. The van der Waals surface area contributed by atoms with Gasteiger partial charge >= 0.3 is 6.18 Å². The zero-order valence-corrected chi connectivity index (χ0v) is 8.91. The number of aldehydes is 1. The number of fused-ring (bicyclic) bond motifs is 1. The second-order valence-corrected chi connectivity index (χ2v) is 3.89. The Hall–Kier alpha value is -1.78. The fraction of sp³-hybridized carbons (Fsp3) is 0.250. The molecule has 0 radical (unpaired) electrons. The molecule has 1 unspecified atom stereocenters. The Kier molecular flexibility index (Phi) is 2.49. The largest absolute Gasteiger partial charge is 0.473 e. The number of carbonyl (C=O) groups excluding carboxylic acids is 1. The van der Waals surface area contributed by atoms with Gasteiger partial charge in [-0.25, -0.2) is 0 Å². The average Bonchev–Trinajstić information content (AvgIpc) is 2.26. The molecule has 0 saturated carbocycles. The summed E-state index contributed by atoms with van der Waals surface area (Å²) in [5.74, 6) is 0.123. The maximum Gasteiger partial charge on any atom is 0.432 e. The van der Waals surface area contributed by atoms with Gasteiger partial charge in [0.25, 0.3) is 0 Å². The summed E-state index contributed by atoms with van der Waals surface area (Å²) < 4.78 is 43.8. The van der Waals surface area contributed by atoms with Gasteiger partial charge in [-0.1, -0.05) is 18.2 Å². The van der Waals surface area contributed by atoms with E-state index in [4.69, 9.17) is 4.74 Å². The minimum Gasteiger partial charge on any atom is -0.473 e. The monoisotopic (exact) mass is 242 g/mol. The van der Waals surface area contributed by atoms with Gasteiger partial charge in [0, 0.05) is 11.1 Å². The normalized spacial score (nSPS) is 23.4. The van der Waals surface area contributed by atoms with Crippen molar-refractivity contribution < 1.29 is 22.7 Å². The molecule has 0 fully saturated rings. The highest BCUT2D eigenvalue weighted by Crippen LogP contribution is 2.44. The first-order valence-electron chi connectivity index (χ1n) is 4.90. The maximum atomic E-state index is 12.9. The van der Waals surface area contributed by atoms with E-state index < -0.39 is 17.4 Å². The summed E-state index contributed by atoms with van der Waals surface area (Å²) >= 11 is 0. The molecule has 0 amide bonds. The van der Waals surface area contributed by atoms with Crippen LogP contribution in [-0.4, -0.2) is 18.1 Å². The first kappa shape index (κ1) is 11.7.